The van der Waals surface area contributed by atoms with E-state index in [4.69, 9.17) is 4.74 Å². The number of carbonyl (C=O) groups excluding carboxylic acids is 3. The summed E-state index contributed by atoms with van der Waals surface area (Å²) >= 11 is 1.59. The summed E-state index contributed by atoms with van der Waals surface area (Å²) in [4.78, 5) is 41.4. The monoisotopic (exact) mass is 473 g/mol. The lowest BCUT2D eigenvalue weighted by atomic mass is 9.71. The molecule has 5 atom stereocenters. The summed E-state index contributed by atoms with van der Waals surface area (Å²) in [6, 6.07) is 6.76. The zero-order chi connectivity index (χ0) is 23.2. The maximum Gasteiger partial charge on any atom is 0.310 e. The van der Waals surface area contributed by atoms with Gasteiger partial charge in [0.1, 0.15) is 18.2 Å². The van der Waals surface area contributed by atoms with E-state index in [0.29, 0.717) is 12.8 Å². The second-order valence-electron chi connectivity index (χ2n) is 8.69. The van der Waals surface area contributed by atoms with E-state index in [1.54, 1.807) is 28.3 Å². The average Bonchev–Trinajstić information content (AvgIpc) is 3.55. The van der Waals surface area contributed by atoms with Crippen LogP contribution in [0.4, 0.5) is 0 Å². The molecule has 5 rings (SSSR count). The number of nitrogens with one attached hydrogen (secondary N) is 1. The normalized spacial score (nSPS) is 30.1. The standard InChI is InChI=1S/C22H27N5O5S/c1-2-32-21(31)16-15-8-9-22(33-15)17(16)20(30)26(10-5-11-28)18(22)19(29)23-12-27-14-7-4-3-6-13(14)24-25-27/h3-4,6-7,15-18,28H,2,5,8-12H2,1H3,(H,23,29)/t15-,16+,17-,18?,22?/m0/s1. The van der Waals surface area contributed by atoms with Crippen molar-refractivity contribution in [1.82, 2.24) is 25.2 Å². The highest BCUT2D eigenvalue weighted by Gasteiger charge is 2.73. The van der Waals surface area contributed by atoms with Crippen LogP contribution < -0.4 is 5.32 Å². The van der Waals surface area contributed by atoms with Crippen molar-refractivity contribution < 1.29 is 24.2 Å². The largest absolute Gasteiger partial charge is 0.466 e. The smallest absolute Gasteiger partial charge is 0.310 e. The lowest BCUT2D eigenvalue weighted by Crippen LogP contribution is -2.53. The van der Waals surface area contributed by atoms with Gasteiger partial charge in [0, 0.05) is 18.4 Å². The third kappa shape index (κ3) is 3.40. The SMILES string of the molecule is CCOC(=O)[C@@H]1[C@@H]2CCC3(S2)C(C(=O)NCn2nnc4ccccc42)N(CCCO)C(=O)[C@H]13. The summed E-state index contributed by atoms with van der Waals surface area (Å²) in [5.41, 5.74) is 1.53. The molecule has 0 radical (unpaired) electrons. The van der Waals surface area contributed by atoms with Gasteiger partial charge in [-0.15, -0.1) is 16.9 Å². The number of ether oxygens (including phenoxy) is 1. The lowest BCUT2D eigenvalue weighted by molar-refractivity contribution is -0.153. The molecule has 4 heterocycles. The number of likely N-dealkylation sites (tertiary alicyclic amines) is 1. The van der Waals surface area contributed by atoms with Gasteiger partial charge in [-0.3, -0.25) is 14.4 Å². The first-order valence-corrected chi connectivity index (χ1v) is 12.2. The molecule has 33 heavy (non-hydrogen) atoms. The van der Waals surface area contributed by atoms with Gasteiger partial charge in [0.15, 0.2) is 0 Å². The fourth-order valence-corrected chi connectivity index (χ4v) is 7.93. The van der Waals surface area contributed by atoms with E-state index in [1.807, 2.05) is 24.3 Å². The first kappa shape index (κ1) is 22.1. The van der Waals surface area contributed by atoms with Gasteiger partial charge in [-0.05, 0) is 38.3 Å². The van der Waals surface area contributed by atoms with Crippen LogP contribution in [-0.4, -0.2) is 78.6 Å². The van der Waals surface area contributed by atoms with Crippen LogP contribution in [0.2, 0.25) is 0 Å². The molecular formula is C22H27N5O5S. The van der Waals surface area contributed by atoms with Crippen molar-refractivity contribution in [2.24, 2.45) is 11.8 Å². The Bertz CT molecular complexity index is 1090. The van der Waals surface area contributed by atoms with Crippen molar-refractivity contribution in [1.29, 1.82) is 0 Å². The van der Waals surface area contributed by atoms with Crippen molar-refractivity contribution in [3.63, 3.8) is 0 Å². The number of aromatic nitrogens is 3. The number of aliphatic hydroxyl groups excluding tert-OH is 1. The molecule has 2 bridgehead atoms. The summed E-state index contributed by atoms with van der Waals surface area (Å²) in [7, 11) is 0. The minimum atomic E-state index is -0.717. The Hall–Kier alpha value is -2.66. The van der Waals surface area contributed by atoms with Crippen LogP contribution in [0.3, 0.4) is 0 Å². The number of carbonyl (C=O) groups is 3. The molecule has 3 saturated heterocycles. The number of benzene rings is 1. The van der Waals surface area contributed by atoms with Crippen molar-refractivity contribution in [2.75, 3.05) is 19.8 Å². The number of thioether (sulfide) groups is 1. The number of amides is 2. The van der Waals surface area contributed by atoms with Crippen LogP contribution in [0.1, 0.15) is 26.2 Å². The van der Waals surface area contributed by atoms with E-state index in [2.05, 4.69) is 15.6 Å². The predicted octanol–water partition coefficient (Wildman–Crippen LogP) is 0.542. The molecule has 2 unspecified atom stereocenters. The Morgan fingerprint density at radius 2 is 2.18 bits per heavy atom. The molecule has 3 fully saturated rings. The van der Waals surface area contributed by atoms with Crippen molar-refractivity contribution in [3.8, 4) is 0 Å². The fourth-order valence-electron chi connectivity index (χ4n) is 5.73. The molecule has 2 aromatic rings. The Labute approximate surface area is 195 Å². The van der Waals surface area contributed by atoms with Crippen LogP contribution in [0.15, 0.2) is 24.3 Å². The minimum absolute atomic E-state index is 0.0208. The Balaban J connectivity index is 1.42. The topological polar surface area (TPSA) is 127 Å². The quantitative estimate of drug-likeness (QED) is 0.532. The molecular weight excluding hydrogens is 446 g/mol. The predicted molar refractivity (Wildman–Crippen MR) is 120 cm³/mol. The molecule has 3 aliphatic rings. The number of hydrogen-bond acceptors (Lipinski definition) is 8. The Kier molecular flexibility index (Phi) is 5.77. The zero-order valence-electron chi connectivity index (χ0n) is 18.3. The number of hydrogen-bond donors (Lipinski definition) is 2. The van der Waals surface area contributed by atoms with E-state index in [0.717, 1.165) is 17.5 Å². The fraction of sp³-hybridized carbons (Fsp3) is 0.591. The van der Waals surface area contributed by atoms with E-state index in [9.17, 15) is 19.5 Å². The van der Waals surface area contributed by atoms with Gasteiger partial charge in [0.2, 0.25) is 11.8 Å². The lowest BCUT2D eigenvalue weighted by Gasteiger charge is -2.34. The van der Waals surface area contributed by atoms with Crippen LogP contribution in [0.5, 0.6) is 0 Å². The van der Waals surface area contributed by atoms with Crippen LogP contribution in [-0.2, 0) is 25.8 Å². The molecule has 1 spiro atoms. The van der Waals surface area contributed by atoms with Crippen molar-refractivity contribution in [2.45, 2.75) is 48.9 Å². The summed E-state index contributed by atoms with van der Waals surface area (Å²) in [6.45, 7) is 2.30. The molecule has 1 aromatic heterocycles. The number of rotatable bonds is 8. The van der Waals surface area contributed by atoms with E-state index in [1.165, 1.54) is 0 Å². The molecule has 2 N–H and O–H groups in total. The van der Waals surface area contributed by atoms with Gasteiger partial charge >= 0.3 is 5.97 Å². The molecule has 0 saturated carbocycles. The van der Waals surface area contributed by atoms with Gasteiger partial charge in [0.05, 0.1) is 28.7 Å². The maximum atomic E-state index is 13.6. The highest BCUT2D eigenvalue weighted by Crippen LogP contribution is 2.66. The molecule has 11 heteroatoms. The number of para-hydroxylation sites is 1. The van der Waals surface area contributed by atoms with E-state index < -0.39 is 22.6 Å². The van der Waals surface area contributed by atoms with E-state index >= 15 is 0 Å². The van der Waals surface area contributed by atoms with E-state index in [-0.39, 0.29) is 49.5 Å². The second kappa shape index (κ2) is 8.60. The Morgan fingerprint density at radius 3 is 2.97 bits per heavy atom. The van der Waals surface area contributed by atoms with Gasteiger partial charge < -0.3 is 20.1 Å². The first-order chi connectivity index (χ1) is 16.0. The molecule has 1 aromatic carbocycles. The molecule has 3 aliphatic heterocycles. The summed E-state index contributed by atoms with van der Waals surface area (Å²) in [5.74, 6) is -1.94. The number of fused-ring (bicyclic) bond motifs is 2. The highest BCUT2D eigenvalue weighted by atomic mass is 32.2. The summed E-state index contributed by atoms with van der Waals surface area (Å²) in [6.07, 6.45) is 1.82. The molecule has 176 valence electrons. The Morgan fingerprint density at radius 1 is 1.36 bits per heavy atom. The third-order valence-corrected chi connectivity index (χ3v) is 8.94. The maximum absolute atomic E-state index is 13.6. The van der Waals surface area contributed by atoms with Gasteiger partial charge in [-0.2, -0.15) is 0 Å². The van der Waals surface area contributed by atoms with Crippen LogP contribution in [0, 0.1) is 11.8 Å². The van der Waals surface area contributed by atoms with Crippen LogP contribution in [0.25, 0.3) is 11.0 Å². The zero-order valence-corrected chi connectivity index (χ0v) is 19.2. The molecule has 0 aliphatic carbocycles. The van der Waals surface area contributed by atoms with Crippen molar-refractivity contribution >= 4 is 40.6 Å². The second-order valence-corrected chi connectivity index (χ2v) is 10.3. The number of nitrogens with zero attached hydrogens (tertiary/aromatic N) is 4. The van der Waals surface area contributed by atoms with Gasteiger partial charge in [-0.25, -0.2) is 4.68 Å². The first-order valence-electron chi connectivity index (χ1n) is 11.3. The number of esters is 1. The average molecular weight is 474 g/mol. The molecule has 2 amide bonds. The van der Waals surface area contributed by atoms with Gasteiger partial charge in [0.25, 0.3) is 0 Å². The molecule has 10 nitrogen and oxygen atoms in total. The van der Waals surface area contributed by atoms with Gasteiger partial charge in [-0.1, -0.05) is 17.3 Å². The third-order valence-electron chi connectivity index (χ3n) is 6.99. The number of aliphatic hydroxyl groups is 1. The minimum Gasteiger partial charge on any atom is -0.466 e. The highest BCUT2D eigenvalue weighted by molar-refractivity contribution is 8.02. The van der Waals surface area contributed by atoms with Crippen LogP contribution >= 0.6 is 11.8 Å². The van der Waals surface area contributed by atoms with Crippen molar-refractivity contribution in [3.05, 3.63) is 24.3 Å². The summed E-state index contributed by atoms with van der Waals surface area (Å²) in [5, 5.41) is 20.5. The summed E-state index contributed by atoms with van der Waals surface area (Å²) < 4.78 is 6.24.